The molecule has 27 heavy (non-hydrogen) atoms. The lowest BCUT2D eigenvalue weighted by atomic mass is 10.1. The first-order valence-corrected chi connectivity index (χ1v) is 9.01. The van der Waals surface area contributed by atoms with Crippen LogP contribution in [0, 0.1) is 5.82 Å². The topological polar surface area (TPSA) is 64.7 Å². The number of nitrogens with one attached hydrogen (secondary N) is 3. The average molecular weight is 491 g/mol. The Bertz CT molecular complexity index is 706. The monoisotopic (exact) mass is 491 g/mol. The number of H-pyrrole nitrogens is 1. The molecule has 0 bridgehead atoms. The smallest absolute Gasteiger partial charge is 0.190 e. The number of hydrogen-bond acceptors (Lipinski definition) is 3. The Morgan fingerprint density at radius 3 is 2.78 bits per heavy atom. The van der Waals surface area contributed by atoms with Crippen LogP contribution in [0.5, 0.6) is 0 Å². The van der Waals surface area contributed by atoms with E-state index in [1.165, 1.54) is 17.7 Å². The van der Waals surface area contributed by atoms with Crippen LogP contribution in [-0.4, -0.2) is 69.8 Å². The molecule has 0 amide bonds. The number of ether oxygens (including phenoxy) is 1. The van der Waals surface area contributed by atoms with Gasteiger partial charge in [-0.1, -0.05) is 0 Å². The molecule has 2 rings (SSSR count). The van der Waals surface area contributed by atoms with E-state index in [4.69, 9.17) is 4.74 Å². The van der Waals surface area contributed by atoms with Gasteiger partial charge in [-0.2, -0.15) is 0 Å². The number of likely N-dealkylation sites (N-methyl/N-ethyl adjacent to an activating group) is 1. The molecule has 3 N–H and O–H groups in total. The summed E-state index contributed by atoms with van der Waals surface area (Å²) >= 11 is 0. The molecule has 0 aliphatic carbocycles. The molecule has 0 saturated carbocycles. The van der Waals surface area contributed by atoms with Crippen LogP contribution in [0.15, 0.2) is 29.4 Å². The summed E-state index contributed by atoms with van der Waals surface area (Å²) in [6.45, 7) is 4.34. The van der Waals surface area contributed by atoms with Crippen molar-refractivity contribution in [2.24, 2.45) is 4.99 Å². The maximum atomic E-state index is 13.2. The lowest BCUT2D eigenvalue weighted by Gasteiger charge is -2.17. The number of aliphatic imine (C=N–C) groups is 1. The fourth-order valence-corrected chi connectivity index (χ4v) is 2.82. The molecule has 0 aliphatic heterocycles. The van der Waals surface area contributed by atoms with Crippen molar-refractivity contribution >= 4 is 40.8 Å². The molecule has 0 unspecified atom stereocenters. The van der Waals surface area contributed by atoms with Gasteiger partial charge in [-0.05, 0) is 50.2 Å². The molecule has 8 heteroatoms. The number of rotatable bonds is 10. The molecule has 0 saturated heterocycles. The van der Waals surface area contributed by atoms with Gasteiger partial charge in [0, 0.05) is 50.9 Å². The van der Waals surface area contributed by atoms with Gasteiger partial charge in [-0.3, -0.25) is 4.99 Å². The van der Waals surface area contributed by atoms with E-state index in [0.29, 0.717) is 0 Å². The van der Waals surface area contributed by atoms with Crippen LogP contribution < -0.4 is 10.6 Å². The van der Waals surface area contributed by atoms with E-state index < -0.39 is 0 Å². The predicted octanol–water partition coefficient (Wildman–Crippen LogP) is 2.60. The second kappa shape index (κ2) is 12.9. The number of guanidine groups is 1. The second-order valence-electron chi connectivity index (χ2n) is 6.33. The van der Waals surface area contributed by atoms with E-state index >= 15 is 0 Å². The van der Waals surface area contributed by atoms with Crippen molar-refractivity contribution in [3.8, 4) is 0 Å². The zero-order valence-electron chi connectivity index (χ0n) is 16.3. The van der Waals surface area contributed by atoms with Crippen molar-refractivity contribution in [3.05, 3.63) is 35.8 Å². The van der Waals surface area contributed by atoms with E-state index in [0.717, 1.165) is 62.5 Å². The third-order valence-corrected chi connectivity index (χ3v) is 4.33. The molecule has 6 nitrogen and oxygen atoms in total. The van der Waals surface area contributed by atoms with Crippen molar-refractivity contribution in [2.45, 2.75) is 12.8 Å². The van der Waals surface area contributed by atoms with E-state index in [1.54, 1.807) is 14.2 Å². The van der Waals surface area contributed by atoms with E-state index in [9.17, 15) is 4.39 Å². The molecule has 0 aliphatic rings. The quantitative estimate of drug-likeness (QED) is 0.207. The molecule has 1 aromatic carbocycles. The van der Waals surface area contributed by atoms with Crippen LogP contribution in [0.2, 0.25) is 0 Å². The Morgan fingerprint density at radius 1 is 1.26 bits per heavy atom. The van der Waals surface area contributed by atoms with Crippen LogP contribution in [-0.2, 0) is 11.2 Å². The fraction of sp³-hybridized carbons (Fsp3) is 0.526. The number of benzene rings is 1. The van der Waals surface area contributed by atoms with Crippen molar-refractivity contribution in [1.82, 2.24) is 20.5 Å². The Morgan fingerprint density at radius 2 is 2.04 bits per heavy atom. The van der Waals surface area contributed by atoms with Gasteiger partial charge in [0.15, 0.2) is 5.96 Å². The van der Waals surface area contributed by atoms with Gasteiger partial charge < -0.3 is 25.3 Å². The molecule has 1 aromatic heterocycles. The summed E-state index contributed by atoms with van der Waals surface area (Å²) in [7, 11) is 5.59. The maximum Gasteiger partial charge on any atom is 0.190 e. The van der Waals surface area contributed by atoms with Crippen molar-refractivity contribution in [2.75, 3.05) is 54.0 Å². The fourth-order valence-electron chi connectivity index (χ4n) is 2.82. The third-order valence-electron chi connectivity index (χ3n) is 4.33. The van der Waals surface area contributed by atoms with Crippen molar-refractivity contribution in [3.63, 3.8) is 0 Å². The number of aromatic amines is 1. The summed E-state index contributed by atoms with van der Waals surface area (Å²) in [6.07, 6.45) is 3.82. The van der Waals surface area contributed by atoms with Crippen LogP contribution >= 0.6 is 24.0 Å². The summed E-state index contributed by atoms with van der Waals surface area (Å²) in [5.41, 5.74) is 2.00. The molecule has 0 atom stereocenters. The lowest BCUT2D eigenvalue weighted by molar-refractivity contribution is 0.161. The largest absolute Gasteiger partial charge is 0.383 e. The summed E-state index contributed by atoms with van der Waals surface area (Å²) in [6, 6.07) is 4.84. The summed E-state index contributed by atoms with van der Waals surface area (Å²) in [5.74, 6) is 0.580. The Balaban J connectivity index is 0.00000364. The number of aromatic nitrogens is 1. The van der Waals surface area contributed by atoms with E-state index in [-0.39, 0.29) is 29.8 Å². The number of halogens is 2. The Kier molecular flexibility index (Phi) is 11.3. The minimum absolute atomic E-state index is 0. The van der Waals surface area contributed by atoms with Gasteiger partial charge in [0.05, 0.1) is 6.61 Å². The minimum Gasteiger partial charge on any atom is -0.383 e. The molecule has 0 spiro atoms. The van der Waals surface area contributed by atoms with Gasteiger partial charge >= 0.3 is 0 Å². The van der Waals surface area contributed by atoms with Gasteiger partial charge in [0.25, 0.3) is 0 Å². The van der Waals surface area contributed by atoms with Crippen LogP contribution in [0.1, 0.15) is 12.0 Å². The Hall–Kier alpha value is -1.39. The number of fused-ring (bicyclic) bond motifs is 1. The molecule has 1 heterocycles. The van der Waals surface area contributed by atoms with Crippen molar-refractivity contribution in [1.29, 1.82) is 0 Å². The molecular weight excluding hydrogens is 460 g/mol. The van der Waals surface area contributed by atoms with E-state index in [2.05, 4.69) is 32.6 Å². The SMILES string of the molecule is CN=C(NCCCN(C)CCOC)NCCc1c[nH]c2cc(F)ccc12.I. The number of hydrogen-bond donors (Lipinski definition) is 3. The highest BCUT2D eigenvalue weighted by molar-refractivity contribution is 14.0. The summed E-state index contributed by atoms with van der Waals surface area (Å²) in [5, 5.41) is 7.72. The molecule has 0 fully saturated rings. The van der Waals surface area contributed by atoms with E-state index in [1.807, 2.05) is 12.3 Å². The van der Waals surface area contributed by atoms with Gasteiger partial charge in [-0.25, -0.2) is 4.39 Å². The zero-order chi connectivity index (χ0) is 18.8. The zero-order valence-corrected chi connectivity index (χ0v) is 18.7. The molecule has 152 valence electrons. The number of methoxy groups -OCH3 is 1. The third kappa shape index (κ3) is 8.02. The van der Waals surface area contributed by atoms with Gasteiger partial charge in [0.1, 0.15) is 5.82 Å². The maximum absolute atomic E-state index is 13.2. The highest BCUT2D eigenvalue weighted by Gasteiger charge is 2.05. The first kappa shape index (κ1) is 23.6. The van der Waals surface area contributed by atoms with Gasteiger partial charge in [0.2, 0.25) is 0 Å². The highest BCUT2D eigenvalue weighted by atomic mass is 127. The Labute approximate surface area is 178 Å². The first-order valence-electron chi connectivity index (χ1n) is 9.01. The average Bonchev–Trinajstić information content (AvgIpc) is 3.03. The lowest BCUT2D eigenvalue weighted by Crippen LogP contribution is -2.39. The summed E-state index contributed by atoms with van der Waals surface area (Å²) in [4.78, 5) is 9.62. The molecule has 0 radical (unpaired) electrons. The normalized spacial score (nSPS) is 11.7. The van der Waals surface area contributed by atoms with Crippen molar-refractivity contribution < 1.29 is 9.13 Å². The highest BCUT2D eigenvalue weighted by Crippen LogP contribution is 2.19. The van der Waals surface area contributed by atoms with Gasteiger partial charge in [-0.15, -0.1) is 24.0 Å². The first-order chi connectivity index (χ1) is 12.6. The molecular formula is C19H31FIN5O. The van der Waals surface area contributed by atoms with Crippen LogP contribution in [0.4, 0.5) is 4.39 Å². The molecule has 2 aromatic rings. The van der Waals surface area contributed by atoms with Crippen LogP contribution in [0.25, 0.3) is 10.9 Å². The number of nitrogens with zero attached hydrogens (tertiary/aromatic N) is 2. The second-order valence-corrected chi connectivity index (χ2v) is 6.33. The summed E-state index contributed by atoms with van der Waals surface area (Å²) < 4.78 is 18.3. The van der Waals surface area contributed by atoms with Crippen LogP contribution in [0.3, 0.4) is 0 Å². The standard InChI is InChI=1S/C19H30FN5O.HI/c1-21-19(22-8-4-10-25(2)11-12-26-3)23-9-7-15-14-24-18-13-16(20)5-6-17(15)18;/h5-6,13-14,24H,4,7-12H2,1-3H3,(H2,21,22,23);1H. The minimum atomic E-state index is -0.221. The predicted molar refractivity (Wildman–Crippen MR) is 121 cm³/mol.